The van der Waals surface area contributed by atoms with Gasteiger partial charge in [0.25, 0.3) is 0 Å². The Balaban J connectivity index is 1.89. The van der Waals surface area contributed by atoms with E-state index in [0.29, 0.717) is 6.61 Å². The molecule has 0 saturated heterocycles. The number of ether oxygens (including phenoxy) is 1. The molecule has 2 aromatic rings. The number of carbonyl (C=O) groups excluding carboxylic acids is 1. The molecule has 2 nitrogen and oxygen atoms in total. The molecule has 0 N–H and O–H groups in total. The highest BCUT2D eigenvalue weighted by Gasteiger charge is 2.42. The molecule has 0 aliphatic heterocycles. The van der Waals surface area contributed by atoms with Crippen molar-refractivity contribution in [1.29, 1.82) is 0 Å². The molecule has 1 fully saturated rings. The summed E-state index contributed by atoms with van der Waals surface area (Å²) in [5.74, 6) is 0.264. The number of aldehydes is 1. The summed E-state index contributed by atoms with van der Waals surface area (Å²) in [7, 11) is 0. The van der Waals surface area contributed by atoms with E-state index >= 15 is 0 Å². The van der Waals surface area contributed by atoms with Gasteiger partial charge in [-0.2, -0.15) is 0 Å². The lowest BCUT2D eigenvalue weighted by atomic mass is 9.74. The Kier molecular flexibility index (Phi) is 5.24. The molecule has 2 aromatic carbocycles. The maximum atomic E-state index is 12.2. The standard InChI is InChI=1S/C21H24O2/c22-17-21(19-12-6-2-7-13-19,20-14-8-3-9-15-20)23-16-18-10-4-1-5-11-18/h1-2,4-7,10-13,17,20H,3,8-9,14-16H2/t21-/m1/s1. The van der Waals surface area contributed by atoms with Crippen LogP contribution in [0.1, 0.15) is 43.2 Å². The van der Waals surface area contributed by atoms with Crippen LogP contribution in [0.15, 0.2) is 60.7 Å². The van der Waals surface area contributed by atoms with Gasteiger partial charge in [-0.15, -0.1) is 0 Å². The van der Waals surface area contributed by atoms with Crippen molar-refractivity contribution in [3.8, 4) is 0 Å². The molecule has 23 heavy (non-hydrogen) atoms. The summed E-state index contributed by atoms with van der Waals surface area (Å²) in [6.45, 7) is 0.463. The lowest BCUT2D eigenvalue weighted by molar-refractivity contribution is -0.148. The average molecular weight is 308 g/mol. The highest BCUT2D eigenvalue weighted by Crippen LogP contribution is 2.41. The largest absolute Gasteiger partial charge is 0.358 e. The third-order valence-electron chi connectivity index (χ3n) is 4.93. The van der Waals surface area contributed by atoms with E-state index in [1.165, 1.54) is 19.3 Å². The third kappa shape index (κ3) is 3.53. The SMILES string of the molecule is O=C[C@@](OCc1ccccc1)(c1ccccc1)C1CCCCC1. The first-order chi connectivity index (χ1) is 11.3. The number of rotatable bonds is 6. The van der Waals surface area contributed by atoms with Gasteiger partial charge in [-0.25, -0.2) is 0 Å². The van der Waals surface area contributed by atoms with E-state index in [1.807, 2.05) is 60.7 Å². The Morgan fingerprint density at radius 3 is 2.13 bits per heavy atom. The minimum Gasteiger partial charge on any atom is -0.358 e. The van der Waals surface area contributed by atoms with Gasteiger partial charge < -0.3 is 4.74 Å². The second kappa shape index (κ2) is 7.56. The monoisotopic (exact) mass is 308 g/mol. The maximum absolute atomic E-state index is 12.2. The van der Waals surface area contributed by atoms with Crippen LogP contribution < -0.4 is 0 Å². The van der Waals surface area contributed by atoms with E-state index < -0.39 is 5.60 Å². The van der Waals surface area contributed by atoms with Crippen molar-refractivity contribution in [2.75, 3.05) is 0 Å². The summed E-state index contributed by atoms with van der Waals surface area (Å²) < 4.78 is 6.32. The fraction of sp³-hybridized carbons (Fsp3) is 0.381. The molecule has 0 unspecified atom stereocenters. The van der Waals surface area contributed by atoms with Gasteiger partial charge in [0.2, 0.25) is 0 Å². The zero-order valence-corrected chi connectivity index (χ0v) is 13.5. The van der Waals surface area contributed by atoms with E-state index in [0.717, 1.165) is 30.3 Å². The minimum atomic E-state index is -0.822. The summed E-state index contributed by atoms with van der Waals surface area (Å²) in [5.41, 5.74) is 1.26. The van der Waals surface area contributed by atoms with E-state index in [4.69, 9.17) is 4.74 Å². The van der Waals surface area contributed by atoms with Crippen LogP contribution in [-0.2, 0) is 21.7 Å². The number of benzene rings is 2. The fourth-order valence-electron chi connectivity index (χ4n) is 3.64. The van der Waals surface area contributed by atoms with Crippen molar-refractivity contribution in [1.82, 2.24) is 0 Å². The zero-order valence-electron chi connectivity index (χ0n) is 13.5. The molecule has 3 rings (SSSR count). The Hall–Kier alpha value is -1.93. The molecular formula is C21H24O2. The van der Waals surface area contributed by atoms with E-state index in [2.05, 4.69) is 0 Å². The topological polar surface area (TPSA) is 26.3 Å². The summed E-state index contributed by atoms with van der Waals surface area (Å²) >= 11 is 0. The van der Waals surface area contributed by atoms with Gasteiger partial charge in [0.1, 0.15) is 0 Å². The van der Waals surface area contributed by atoms with Gasteiger partial charge in [0.05, 0.1) is 6.61 Å². The second-order valence-electron chi connectivity index (χ2n) is 6.39. The normalized spacial score (nSPS) is 18.3. The average Bonchev–Trinajstić information content (AvgIpc) is 2.65. The van der Waals surface area contributed by atoms with Crippen LogP contribution in [-0.4, -0.2) is 6.29 Å². The van der Waals surface area contributed by atoms with E-state index in [9.17, 15) is 4.79 Å². The van der Waals surface area contributed by atoms with E-state index in [1.54, 1.807) is 0 Å². The zero-order chi connectivity index (χ0) is 16.0. The van der Waals surface area contributed by atoms with Crippen molar-refractivity contribution in [2.24, 2.45) is 5.92 Å². The fourth-order valence-corrected chi connectivity index (χ4v) is 3.64. The van der Waals surface area contributed by atoms with Gasteiger partial charge in [-0.1, -0.05) is 79.9 Å². The first-order valence-electron chi connectivity index (χ1n) is 8.55. The summed E-state index contributed by atoms with van der Waals surface area (Å²) in [4.78, 5) is 12.2. The minimum absolute atomic E-state index is 0.264. The molecule has 0 amide bonds. The van der Waals surface area contributed by atoms with Gasteiger partial charge in [0, 0.05) is 0 Å². The molecule has 1 aliphatic rings. The van der Waals surface area contributed by atoms with Gasteiger partial charge >= 0.3 is 0 Å². The summed E-state index contributed by atoms with van der Waals surface area (Å²) in [5, 5.41) is 0. The van der Waals surface area contributed by atoms with Crippen LogP contribution in [0.2, 0.25) is 0 Å². The molecule has 1 aliphatic carbocycles. The van der Waals surface area contributed by atoms with Crippen molar-refractivity contribution in [2.45, 2.75) is 44.3 Å². The van der Waals surface area contributed by atoms with E-state index in [-0.39, 0.29) is 5.92 Å². The smallest absolute Gasteiger partial charge is 0.156 e. The third-order valence-corrected chi connectivity index (χ3v) is 4.93. The molecule has 120 valence electrons. The van der Waals surface area contributed by atoms with Crippen LogP contribution in [0.25, 0.3) is 0 Å². The highest BCUT2D eigenvalue weighted by atomic mass is 16.5. The number of hydrogen-bond acceptors (Lipinski definition) is 2. The Morgan fingerprint density at radius 2 is 1.52 bits per heavy atom. The van der Waals surface area contributed by atoms with Crippen LogP contribution in [0.3, 0.4) is 0 Å². The molecule has 0 aromatic heterocycles. The van der Waals surface area contributed by atoms with Crippen LogP contribution >= 0.6 is 0 Å². The summed E-state index contributed by atoms with van der Waals surface area (Å²) in [6.07, 6.45) is 6.79. The predicted molar refractivity (Wildman–Crippen MR) is 92.0 cm³/mol. The molecule has 0 spiro atoms. The van der Waals surface area contributed by atoms with Crippen LogP contribution in [0.5, 0.6) is 0 Å². The van der Waals surface area contributed by atoms with Crippen LogP contribution in [0.4, 0.5) is 0 Å². The first kappa shape index (κ1) is 15.9. The van der Waals surface area contributed by atoms with Gasteiger partial charge in [-0.05, 0) is 29.9 Å². The van der Waals surface area contributed by atoms with Gasteiger partial charge in [-0.3, -0.25) is 4.79 Å². The van der Waals surface area contributed by atoms with Crippen molar-refractivity contribution >= 4 is 6.29 Å². The lowest BCUT2D eigenvalue weighted by Gasteiger charge is -2.39. The Bertz CT molecular complexity index is 602. The molecule has 0 heterocycles. The number of hydrogen-bond donors (Lipinski definition) is 0. The van der Waals surface area contributed by atoms with Crippen molar-refractivity contribution in [3.05, 3.63) is 71.8 Å². The van der Waals surface area contributed by atoms with Crippen molar-refractivity contribution < 1.29 is 9.53 Å². The second-order valence-corrected chi connectivity index (χ2v) is 6.39. The summed E-state index contributed by atoms with van der Waals surface area (Å²) in [6, 6.07) is 20.1. The molecule has 1 saturated carbocycles. The molecule has 0 bridgehead atoms. The van der Waals surface area contributed by atoms with Crippen LogP contribution in [0, 0.1) is 5.92 Å². The maximum Gasteiger partial charge on any atom is 0.156 e. The molecular weight excluding hydrogens is 284 g/mol. The van der Waals surface area contributed by atoms with Crippen molar-refractivity contribution in [3.63, 3.8) is 0 Å². The Labute approximate surface area is 138 Å². The Morgan fingerprint density at radius 1 is 0.913 bits per heavy atom. The first-order valence-corrected chi connectivity index (χ1v) is 8.55. The predicted octanol–water partition coefficient (Wildman–Crippen LogP) is 4.88. The highest BCUT2D eigenvalue weighted by molar-refractivity contribution is 5.67. The molecule has 1 atom stereocenters. The lowest BCUT2D eigenvalue weighted by Crippen LogP contribution is -2.41. The quantitative estimate of drug-likeness (QED) is 0.711. The van der Waals surface area contributed by atoms with Gasteiger partial charge in [0.15, 0.2) is 11.9 Å². The molecule has 2 heteroatoms. The molecule has 0 radical (unpaired) electrons. The number of carbonyl (C=O) groups is 1.